The SMILES string of the molecule is CC(C)CNC(=O)c1ccccc1NC(=O)[C@H]1CC(=O)N(c2ccc(Br)cc2)C1. The molecule has 1 saturated heterocycles. The fourth-order valence-electron chi connectivity index (χ4n) is 3.17. The molecule has 3 amide bonds. The summed E-state index contributed by atoms with van der Waals surface area (Å²) in [5.41, 5.74) is 1.63. The monoisotopic (exact) mass is 457 g/mol. The summed E-state index contributed by atoms with van der Waals surface area (Å²) in [4.78, 5) is 39.3. The lowest BCUT2D eigenvalue weighted by molar-refractivity contribution is -0.122. The molecule has 2 aromatic carbocycles. The Morgan fingerprint density at radius 3 is 2.52 bits per heavy atom. The maximum Gasteiger partial charge on any atom is 0.253 e. The molecule has 1 aliphatic heterocycles. The molecular weight excluding hydrogens is 434 g/mol. The van der Waals surface area contributed by atoms with E-state index in [-0.39, 0.29) is 24.1 Å². The van der Waals surface area contributed by atoms with Crippen molar-refractivity contribution in [2.24, 2.45) is 11.8 Å². The van der Waals surface area contributed by atoms with Crippen molar-refractivity contribution < 1.29 is 14.4 Å². The number of hydrogen-bond acceptors (Lipinski definition) is 3. The van der Waals surface area contributed by atoms with Gasteiger partial charge in [-0.05, 0) is 42.3 Å². The Bertz CT molecular complexity index is 912. The number of carbonyl (C=O) groups is 3. The molecule has 1 heterocycles. The van der Waals surface area contributed by atoms with Gasteiger partial charge in [-0.15, -0.1) is 0 Å². The van der Waals surface area contributed by atoms with Gasteiger partial charge in [0.2, 0.25) is 11.8 Å². The highest BCUT2D eigenvalue weighted by molar-refractivity contribution is 9.10. The molecule has 29 heavy (non-hydrogen) atoms. The third kappa shape index (κ3) is 5.23. The van der Waals surface area contributed by atoms with E-state index < -0.39 is 5.92 Å². The number of rotatable bonds is 6. The lowest BCUT2D eigenvalue weighted by Crippen LogP contribution is -2.30. The summed E-state index contributed by atoms with van der Waals surface area (Å²) < 4.78 is 0.925. The zero-order valence-corrected chi connectivity index (χ0v) is 18.0. The van der Waals surface area contributed by atoms with Crippen LogP contribution >= 0.6 is 15.9 Å². The van der Waals surface area contributed by atoms with Gasteiger partial charge in [-0.1, -0.05) is 41.9 Å². The minimum atomic E-state index is -0.474. The second kappa shape index (κ2) is 9.22. The van der Waals surface area contributed by atoms with E-state index in [0.717, 1.165) is 10.2 Å². The van der Waals surface area contributed by atoms with Gasteiger partial charge in [0, 0.05) is 29.7 Å². The van der Waals surface area contributed by atoms with E-state index in [4.69, 9.17) is 0 Å². The number of anilines is 2. The van der Waals surface area contributed by atoms with Crippen LogP contribution in [0.15, 0.2) is 53.0 Å². The van der Waals surface area contributed by atoms with Gasteiger partial charge in [-0.25, -0.2) is 0 Å². The van der Waals surface area contributed by atoms with Crippen molar-refractivity contribution in [3.63, 3.8) is 0 Å². The van der Waals surface area contributed by atoms with Gasteiger partial charge in [-0.3, -0.25) is 14.4 Å². The number of carbonyl (C=O) groups excluding carboxylic acids is 3. The Morgan fingerprint density at radius 1 is 1.14 bits per heavy atom. The van der Waals surface area contributed by atoms with Gasteiger partial charge in [-0.2, -0.15) is 0 Å². The fraction of sp³-hybridized carbons (Fsp3) is 0.318. The fourth-order valence-corrected chi connectivity index (χ4v) is 3.44. The van der Waals surface area contributed by atoms with Crippen molar-refractivity contribution in [3.8, 4) is 0 Å². The molecule has 0 saturated carbocycles. The van der Waals surface area contributed by atoms with Gasteiger partial charge in [0.1, 0.15) is 0 Å². The summed E-state index contributed by atoms with van der Waals surface area (Å²) in [6.45, 7) is 4.90. The summed E-state index contributed by atoms with van der Waals surface area (Å²) in [5.74, 6) is -0.723. The number of halogens is 1. The van der Waals surface area contributed by atoms with Crippen LogP contribution in [0.4, 0.5) is 11.4 Å². The molecule has 1 aliphatic rings. The van der Waals surface area contributed by atoms with Gasteiger partial charge in [0.15, 0.2) is 0 Å². The van der Waals surface area contributed by atoms with Crippen LogP contribution in [-0.2, 0) is 9.59 Å². The molecule has 1 atom stereocenters. The number of para-hydroxylation sites is 1. The van der Waals surface area contributed by atoms with Crippen LogP contribution in [0.2, 0.25) is 0 Å². The zero-order chi connectivity index (χ0) is 21.0. The normalized spacial score (nSPS) is 16.2. The van der Waals surface area contributed by atoms with Crippen LogP contribution in [0.25, 0.3) is 0 Å². The summed E-state index contributed by atoms with van der Waals surface area (Å²) in [7, 11) is 0. The molecule has 0 unspecified atom stereocenters. The van der Waals surface area contributed by atoms with E-state index in [9.17, 15) is 14.4 Å². The summed E-state index contributed by atoms with van der Waals surface area (Å²) in [6, 6.07) is 14.3. The lowest BCUT2D eigenvalue weighted by atomic mass is 10.1. The highest BCUT2D eigenvalue weighted by Gasteiger charge is 2.35. The van der Waals surface area contributed by atoms with Crippen molar-refractivity contribution in [2.75, 3.05) is 23.3 Å². The Hall–Kier alpha value is -2.67. The quantitative estimate of drug-likeness (QED) is 0.691. The van der Waals surface area contributed by atoms with Crippen molar-refractivity contribution in [1.29, 1.82) is 0 Å². The predicted octanol–water partition coefficient (Wildman–Crippen LogP) is 3.83. The van der Waals surface area contributed by atoms with Gasteiger partial charge >= 0.3 is 0 Å². The van der Waals surface area contributed by atoms with E-state index in [1.165, 1.54) is 0 Å². The van der Waals surface area contributed by atoms with Crippen molar-refractivity contribution in [3.05, 3.63) is 58.6 Å². The first-order chi connectivity index (χ1) is 13.8. The maximum absolute atomic E-state index is 12.8. The Morgan fingerprint density at radius 2 is 1.83 bits per heavy atom. The molecule has 2 aromatic rings. The second-order valence-corrected chi connectivity index (χ2v) is 8.44. The molecule has 3 rings (SSSR count). The molecule has 1 fully saturated rings. The highest BCUT2D eigenvalue weighted by atomic mass is 79.9. The highest BCUT2D eigenvalue weighted by Crippen LogP contribution is 2.27. The smallest absolute Gasteiger partial charge is 0.253 e. The minimum Gasteiger partial charge on any atom is -0.352 e. The average molecular weight is 458 g/mol. The lowest BCUT2D eigenvalue weighted by Gasteiger charge is -2.17. The summed E-state index contributed by atoms with van der Waals surface area (Å²) >= 11 is 3.38. The third-order valence-corrected chi connectivity index (χ3v) is 5.26. The van der Waals surface area contributed by atoms with Crippen LogP contribution in [-0.4, -0.2) is 30.8 Å². The average Bonchev–Trinajstić information content (AvgIpc) is 3.09. The van der Waals surface area contributed by atoms with Crippen LogP contribution in [0.3, 0.4) is 0 Å². The Kier molecular flexibility index (Phi) is 6.69. The predicted molar refractivity (Wildman–Crippen MR) is 117 cm³/mol. The molecule has 0 bridgehead atoms. The van der Waals surface area contributed by atoms with E-state index in [2.05, 4.69) is 26.6 Å². The number of nitrogens with one attached hydrogen (secondary N) is 2. The second-order valence-electron chi connectivity index (χ2n) is 7.52. The van der Waals surface area contributed by atoms with E-state index in [1.54, 1.807) is 29.2 Å². The zero-order valence-electron chi connectivity index (χ0n) is 16.4. The van der Waals surface area contributed by atoms with Gasteiger partial charge < -0.3 is 15.5 Å². The maximum atomic E-state index is 12.8. The van der Waals surface area contributed by atoms with E-state index >= 15 is 0 Å². The molecule has 0 aliphatic carbocycles. The van der Waals surface area contributed by atoms with Gasteiger partial charge in [0.05, 0.1) is 17.2 Å². The van der Waals surface area contributed by atoms with Crippen LogP contribution < -0.4 is 15.5 Å². The van der Waals surface area contributed by atoms with E-state index in [0.29, 0.717) is 30.3 Å². The standard InChI is InChI=1S/C22H24BrN3O3/c1-14(2)12-24-22(29)18-5-3-4-6-19(18)25-21(28)15-11-20(27)26(13-15)17-9-7-16(23)8-10-17/h3-10,14-15H,11-13H2,1-2H3,(H,24,29)(H,25,28)/t15-/m0/s1. The molecular formula is C22H24BrN3O3. The van der Waals surface area contributed by atoms with Crippen molar-refractivity contribution in [2.45, 2.75) is 20.3 Å². The molecule has 0 radical (unpaired) electrons. The molecule has 0 spiro atoms. The van der Waals surface area contributed by atoms with Crippen LogP contribution in [0, 0.1) is 11.8 Å². The van der Waals surface area contributed by atoms with Crippen LogP contribution in [0.1, 0.15) is 30.6 Å². The number of amides is 3. The van der Waals surface area contributed by atoms with Gasteiger partial charge in [0.25, 0.3) is 5.91 Å². The largest absolute Gasteiger partial charge is 0.352 e. The first-order valence-corrected chi connectivity index (χ1v) is 10.4. The molecule has 7 heteroatoms. The van der Waals surface area contributed by atoms with E-state index in [1.807, 2.05) is 38.1 Å². The van der Waals surface area contributed by atoms with Crippen LogP contribution in [0.5, 0.6) is 0 Å². The number of benzene rings is 2. The molecule has 152 valence electrons. The third-order valence-electron chi connectivity index (χ3n) is 4.73. The van der Waals surface area contributed by atoms with Crippen molar-refractivity contribution in [1.82, 2.24) is 5.32 Å². The molecule has 2 N–H and O–H groups in total. The Labute approximate surface area is 178 Å². The van der Waals surface area contributed by atoms with Crippen molar-refractivity contribution >= 4 is 45.0 Å². The topological polar surface area (TPSA) is 78.5 Å². The molecule has 0 aromatic heterocycles. The summed E-state index contributed by atoms with van der Waals surface area (Å²) in [5, 5.41) is 5.70. The number of hydrogen-bond donors (Lipinski definition) is 2. The Balaban J connectivity index is 1.69. The first-order valence-electron chi connectivity index (χ1n) is 9.59. The first kappa shape index (κ1) is 21.0. The molecule has 6 nitrogen and oxygen atoms in total. The number of nitrogens with zero attached hydrogens (tertiary/aromatic N) is 1. The minimum absolute atomic E-state index is 0.0876. The summed E-state index contributed by atoms with van der Waals surface area (Å²) in [6.07, 6.45) is 0.142.